The van der Waals surface area contributed by atoms with Gasteiger partial charge in [-0.2, -0.15) is 0 Å². The van der Waals surface area contributed by atoms with Gasteiger partial charge in [-0.05, 0) is 66.7 Å². The summed E-state index contributed by atoms with van der Waals surface area (Å²) >= 11 is 7.05. The van der Waals surface area contributed by atoms with Crippen molar-refractivity contribution in [2.45, 2.75) is 52.6 Å². The van der Waals surface area contributed by atoms with Crippen LogP contribution >= 0.6 is 31.9 Å². The summed E-state index contributed by atoms with van der Waals surface area (Å²) < 4.78 is 2.03. The lowest BCUT2D eigenvalue weighted by Gasteiger charge is -2.38. The molecule has 1 aliphatic rings. The maximum absolute atomic E-state index is 10.7. The van der Waals surface area contributed by atoms with Crippen LogP contribution in [0.1, 0.15) is 58.1 Å². The van der Waals surface area contributed by atoms with E-state index in [1.165, 1.54) is 12.8 Å². The summed E-state index contributed by atoms with van der Waals surface area (Å²) in [6.45, 7) is 7.00. The van der Waals surface area contributed by atoms with Crippen molar-refractivity contribution in [3.63, 3.8) is 0 Å². The summed E-state index contributed by atoms with van der Waals surface area (Å²) in [5, 5.41) is 10.7. The average molecular weight is 404 g/mol. The first kappa shape index (κ1) is 16.5. The van der Waals surface area contributed by atoms with E-state index in [-0.39, 0.29) is 6.10 Å². The van der Waals surface area contributed by atoms with Gasteiger partial charge in [0, 0.05) is 8.95 Å². The van der Waals surface area contributed by atoms with E-state index in [9.17, 15) is 5.11 Å². The molecule has 1 aromatic carbocycles. The molecule has 1 saturated carbocycles. The van der Waals surface area contributed by atoms with E-state index in [1.807, 2.05) is 18.2 Å². The minimum Gasteiger partial charge on any atom is -0.388 e. The lowest BCUT2D eigenvalue weighted by Crippen LogP contribution is -2.28. The summed E-state index contributed by atoms with van der Waals surface area (Å²) in [6, 6.07) is 6.03. The molecule has 0 amide bonds. The predicted molar refractivity (Wildman–Crippen MR) is 91.7 cm³/mol. The molecule has 20 heavy (non-hydrogen) atoms. The number of hydrogen-bond acceptors (Lipinski definition) is 1. The lowest BCUT2D eigenvalue weighted by atomic mass is 9.68. The second-order valence-corrected chi connectivity index (χ2v) is 8.86. The Morgan fingerprint density at radius 3 is 2.25 bits per heavy atom. The highest BCUT2D eigenvalue weighted by Crippen LogP contribution is 2.44. The van der Waals surface area contributed by atoms with E-state index in [4.69, 9.17) is 0 Å². The summed E-state index contributed by atoms with van der Waals surface area (Å²) in [5.74, 6) is 1.18. The first-order valence-electron chi connectivity index (χ1n) is 7.42. The molecule has 2 rings (SSSR count). The van der Waals surface area contributed by atoms with Gasteiger partial charge in [0.15, 0.2) is 0 Å². The van der Waals surface area contributed by atoms with Gasteiger partial charge in [-0.15, -0.1) is 0 Å². The number of halogens is 2. The van der Waals surface area contributed by atoms with E-state index >= 15 is 0 Å². The fourth-order valence-electron chi connectivity index (χ4n) is 3.30. The van der Waals surface area contributed by atoms with Crippen molar-refractivity contribution in [3.8, 4) is 0 Å². The van der Waals surface area contributed by atoms with Crippen molar-refractivity contribution in [3.05, 3.63) is 32.7 Å². The molecule has 1 fully saturated rings. The zero-order chi connectivity index (χ0) is 14.9. The quantitative estimate of drug-likeness (QED) is 0.632. The van der Waals surface area contributed by atoms with Gasteiger partial charge in [-0.1, -0.05) is 52.6 Å². The molecule has 0 bridgehead atoms. The van der Waals surface area contributed by atoms with Crippen LogP contribution in [0.4, 0.5) is 0 Å². The molecule has 1 N–H and O–H groups in total. The Bertz CT molecular complexity index is 457. The smallest absolute Gasteiger partial charge is 0.0829 e. The van der Waals surface area contributed by atoms with Crippen LogP contribution in [-0.4, -0.2) is 5.11 Å². The first-order valence-corrected chi connectivity index (χ1v) is 9.00. The van der Waals surface area contributed by atoms with Crippen LogP contribution in [0.25, 0.3) is 0 Å². The molecule has 1 aromatic rings. The zero-order valence-electron chi connectivity index (χ0n) is 12.5. The molecule has 112 valence electrons. The Morgan fingerprint density at radius 1 is 1.10 bits per heavy atom. The van der Waals surface area contributed by atoms with Gasteiger partial charge in [0.05, 0.1) is 6.10 Å². The van der Waals surface area contributed by atoms with Crippen molar-refractivity contribution in [1.82, 2.24) is 0 Å². The molecular formula is C17H24Br2O. The first-order chi connectivity index (χ1) is 9.29. The molecule has 0 spiro atoms. The largest absolute Gasteiger partial charge is 0.388 e. The van der Waals surface area contributed by atoms with Crippen LogP contribution in [-0.2, 0) is 0 Å². The number of aliphatic hydroxyl groups is 1. The highest BCUT2D eigenvalue weighted by atomic mass is 79.9. The molecule has 0 aromatic heterocycles. The summed E-state index contributed by atoms with van der Waals surface area (Å²) in [5.41, 5.74) is 1.41. The van der Waals surface area contributed by atoms with Gasteiger partial charge < -0.3 is 5.11 Å². The third-order valence-corrected chi connectivity index (χ3v) is 5.94. The van der Waals surface area contributed by atoms with Gasteiger partial charge in [0.1, 0.15) is 0 Å². The van der Waals surface area contributed by atoms with Gasteiger partial charge >= 0.3 is 0 Å². The fourth-order valence-corrected chi connectivity index (χ4v) is 4.16. The summed E-state index contributed by atoms with van der Waals surface area (Å²) in [7, 11) is 0. The predicted octanol–water partition coefficient (Wildman–Crippen LogP) is 6.10. The van der Waals surface area contributed by atoms with Gasteiger partial charge in [0.2, 0.25) is 0 Å². The second kappa shape index (κ2) is 6.50. The molecule has 3 heteroatoms. The number of rotatable bonds is 2. The van der Waals surface area contributed by atoms with Crippen LogP contribution in [0.2, 0.25) is 0 Å². The minimum atomic E-state index is -0.359. The fraction of sp³-hybridized carbons (Fsp3) is 0.647. The van der Waals surface area contributed by atoms with E-state index in [0.29, 0.717) is 11.3 Å². The average Bonchev–Trinajstić information content (AvgIpc) is 2.40. The van der Waals surface area contributed by atoms with E-state index in [0.717, 1.165) is 33.3 Å². The van der Waals surface area contributed by atoms with Crippen LogP contribution in [0.5, 0.6) is 0 Å². The van der Waals surface area contributed by atoms with Crippen molar-refractivity contribution in [2.24, 2.45) is 17.3 Å². The SMILES string of the molecule is CC(C)(C)C1CCC(C(O)c2cc(Br)ccc2Br)CC1. The highest BCUT2D eigenvalue weighted by molar-refractivity contribution is 9.11. The molecule has 1 aliphatic carbocycles. The van der Waals surface area contributed by atoms with Crippen LogP contribution in [0, 0.1) is 17.3 Å². The normalized spacial score (nSPS) is 25.5. The highest BCUT2D eigenvalue weighted by Gasteiger charge is 2.33. The third kappa shape index (κ3) is 3.86. The number of aliphatic hydroxyl groups excluding tert-OH is 1. The molecule has 0 aliphatic heterocycles. The molecule has 0 radical (unpaired) electrons. The Balaban J connectivity index is 2.05. The van der Waals surface area contributed by atoms with Gasteiger partial charge in [0.25, 0.3) is 0 Å². The Kier molecular flexibility index (Phi) is 5.36. The monoisotopic (exact) mass is 402 g/mol. The topological polar surface area (TPSA) is 20.2 Å². The van der Waals surface area contributed by atoms with Gasteiger partial charge in [-0.25, -0.2) is 0 Å². The van der Waals surface area contributed by atoms with Crippen LogP contribution in [0.3, 0.4) is 0 Å². The number of hydrogen-bond donors (Lipinski definition) is 1. The Labute approximate surface area is 139 Å². The molecule has 1 nitrogen and oxygen atoms in total. The zero-order valence-corrected chi connectivity index (χ0v) is 15.7. The molecular weight excluding hydrogens is 380 g/mol. The second-order valence-electron chi connectivity index (χ2n) is 7.09. The van der Waals surface area contributed by atoms with E-state index in [1.54, 1.807) is 0 Å². The lowest BCUT2D eigenvalue weighted by molar-refractivity contribution is 0.0524. The third-order valence-electron chi connectivity index (χ3n) is 4.72. The molecule has 0 saturated heterocycles. The minimum absolute atomic E-state index is 0.359. The molecule has 1 atom stereocenters. The maximum Gasteiger partial charge on any atom is 0.0829 e. The molecule has 0 heterocycles. The van der Waals surface area contributed by atoms with Gasteiger partial charge in [-0.3, -0.25) is 0 Å². The van der Waals surface area contributed by atoms with Crippen molar-refractivity contribution in [2.75, 3.05) is 0 Å². The maximum atomic E-state index is 10.7. The Morgan fingerprint density at radius 2 is 1.70 bits per heavy atom. The van der Waals surface area contributed by atoms with E-state index in [2.05, 4.69) is 52.6 Å². The van der Waals surface area contributed by atoms with Crippen molar-refractivity contribution in [1.29, 1.82) is 0 Å². The Hall–Kier alpha value is 0.140. The molecule has 1 unspecified atom stereocenters. The van der Waals surface area contributed by atoms with Crippen LogP contribution < -0.4 is 0 Å². The van der Waals surface area contributed by atoms with Crippen molar-refractivity contribution >= 4 is 31.9 Å². The summed E-state index contributed by atoms with van der Waals surface area (Å²) in [6.07, 6.45) is 4.36. The van der Waals surface area contributed by atoms with Crippen LogP contribution in [0.15, 0.2) is 27.1 Å². The van der Waals surface area contributed by atoms with Crippen molar-refractivity contribution < 1.29 is 5.11 Å². The standard InChI is InChI=1S/C17H24Br2O/c1-17(2,3)12-6-4-11(5-7-12)16(20)14-10-13(18)8-9-15(14)19/h8-12,16,20H,4-7H2,1-3H3. The number of benzene rings is 1. The van der Waals surface area contributed by atoms with E-state index < -0.39 is 0 Å². The summed E-state index contributed by atoms with van der Waals surface area (Å²) in [4.78, 5) is 0.